The van der Waals surface area contributed by atoms with Gasteiger partial charge >= 0.3 is 0 Å². The number of carbonyl (C=O) groups excluding carboxylic acids is 1. The van der Waals surface area contributed by atoms with Crippen LogP contribution in [-0.2, 0) is 6.42 Å². The minimum atomic E-state index is -0.189. The zero-order valence-electron chi connectivity index (χ0n) is 19.4. The third-order valence-electron chi connectivity index (χ3n) is 6.15. The molecule has 0 saturated heterocycles. The van der Waals surface area contributed by atoms with Gasteiger partial charge in [0.2, 0.25) is 0 Å². The topological polar surface area (TPSA) is 54.9 Å². The normalized spacial score (nSPS) is 11.0. The highest BCUT2D eigenvalue weighted by atomic mass is 32.1. The average Bonchev–Trinajstić information content (AvgIpc) is 3.33. The molecular weight excluding hydrogens is 438 g/mol. The number of hydrogen-bond donors (Lipinski definition) is 1. The molecule has 0 saturated carbocycles. The molecule has 0 aliphatic heterocycles. The largest absolute Gasteiger partial charge is 0.298 e. The lowest BCUT2D eigenvalue weighted by Crippen LogP contribution is -2.13. The van der Waals surface area contributed by atoms with E-state index in [1.807, 2.05) is 35.7 Å². The lowest BCUT2D eigenvalue weighted by Gasteiger charge is -2.11. The summed E-state index contributed by atoms with van der Waals surface area (Å²) in [5, 5.41) is 6.37. The molecule has 0 unspecified atom stereocenters. The highest BCUT2D eigenvalue weighted by Gasteiger charge is 2.16. The lowest BCUT2D eigenvalue weighted by atomic mass is 10.0. The van der Waals surface area contributed by atoms with Crippen molar-refractivity contribution in [3.63, 3.8) is 0 Å². The van der Waals surface area contributed by atoms with Crippen LogP contribution in [0.3, 0.4) is 0 Å². The van der Waals surface area contributed by atoms with Gasteiger partial charge in [0.15, 0.2) is 5.13 Å². The summed E-state index contributed by atoms with van der Waals surface area (Å²) in [5.41, 5.74) is 8.77. The van der Waals surface area contributed by atoms with Gasteiger partial charge < -0.3 is 0 Å². The first-order valence-electron chi connectivity index (χ1n) is 11.4. The van der Waals surface area contributed by atoms with Gasteiger partial charge in [0.1, 0.15) is 0 Å². The molecule has 2 aromatic heterocycles. The Morgan fingerprint density at radius 2 is 1.62 bits per heavy atom. The number of para-hydroxylation sites is 1. The quantitative estimate of drug-likeness (QED) is 0.294. The van der Waals surface area contributed by atoms with Crippen LogP contribution in [0.15, 0.2) is 78.2 Å². The molecule has 0 spiro atoms. The van der Waals surface area contributed by atoms with Crippen molar-refractivity contribution in [2.24, 2.45) is 0 Å². The second-order valence-corrected chi connectivity index (χ2v) is 9.27. The van der Waals surface area contributed by atoms with Crippen molar-refractivity contribution in [1.29, 1.82) is 0 Å². The summed E-state index contributed by atoms with van der Waals surface area (Å²) in [4.78, 5) is 22.9. The van der Waals surface area contributed by atoms with Crippen molar-refractivity contribution in [3.8, 4) is 22.5 Å². The van der Waals surface area contributed by atoms with Gasteiger partial charge in [-0.15, -0.1) is 11.3 Å². The van der Waals surface area contributed by atoms with Gasteiger partial charge in [-0.05, 0) is 55.2 Å². The number of rotatable bonds is 5. The standard InChI is InChI=1S/C29H25N3OS/c1-4-20-10-13-21(14-11-20)27-17-34-29(31-27)32-28(33)24-16-26(22-12-9-18(2)19(3)15-22)30-25-8-6-5-7-23(24)25/h5-17H,4H2,1-3H3,(H,31,32,33). The van der Waals surface area contributed by atoms with E-state index in [9.17, 15) is 4.79 Å². The Morgan fingerprint density at radius 3 is 2.38 bits per heavy atom. The van der Waals surface area contributed by atoms with E-state index in [2.05, 4.69) is 73.5 Å². The molecule has 5 aromatic rings. The van der Waals surface area contributed by atoms with Crippen LogP contribution in [0.25, 0.3) is 33.4 Å². The molecule has 0 atom stereocenters. The summed E-state index contributed by atoms with van der Waals surface area (Å²) in [5.74, 6) is -0.189. The maximum Gasteiger partial charge on any atom is 0.258 e. The van der Waals surface area contributed by atoms with Gasteiger partial charge in [-0.25, -0.2) is 9.97 Å². The van der Waals surface area contributed by atoms with Crippen LogP contribution >= 0.6 is 11.3 Å². The zero-order chi connectivity index (χ0) is 23.7. The Morgan fingerprint density at radius 1 is 0.853 bits per heavy atom. The number of aryl methyl sites for hydroxylation is 3. The van der Waals surface area contributed by atoms with Crippen molar-refractivity contribution in [3.05, 3.63) is 100 Å². The maximum atomic E-state index is 13.4. The molecule has 2 heterocycles. The number of anilines is 1. The van der Waals surface area contributed by atoms with Crippen molar-refractivity contribution in [2.75, 3.05) is 5.32 Å². The Balaban J connectivity index is 1.48. The molecule has 0 bridgehead atoms. The molecule has 0 radical (unpaired) electrons. The number of nitrogens with zero attached hydrogens (tertiary/aromatic N) is 2. The maximum absolute atomic E-state index is 13.4. The Kier molecular flexibility index (Phi) is 5.95. The molecule has 1 N–H and O–H groups in total. The van der Waals surface area contributed by atoms with Gasteiger partial charge in [-0.3, -0.25) is 10.1 Å². The van der Waals surface area contributed by atoms with Gasteiger partial charge in [0.25, 0.3) is 5.91 Å². The second-order valence-electron chi connectivity index (χ2n) is 8.41. The summed E-state index contributed by atoms with van der Waals surface area (Å²) in [6, 6.07) is 24.3. The summed E-state index contributed by atoms with van der Waals surface area (Å²) >= 11 is 1.43. The minimum Gasteiger partial charge on any atom is -0.298 e. The van der Waals surface area contributed by atoms with Crippen molar-refractivity contribution < 1.29 is 4.79 Å². The summed E-state index contributed by atoms with van der Waals surface area (Å²) in [7, 11) is 0. The van der Waals surface area contributed by atoms with Crippen LogP contribution in [0.1, 0.15) is 34.0 Å². The molecule has 5 rings (SSSR count). The van der Waals surface area contributed by atoms with E-state index < -0.39 is 0 Å². The highest BCUT2D eigenvalue weighted by Crippen LogP contribution is 2.29. The highest BCUT2D eigenvalue weighted by molar-refractivity contribution is 7.14. The van der Waals surface area contributed by atoms with Crippen LogP contribution in [0, 0.1) is 13.8 Å². The summed E-state index contributed by atoms with van der Waals surface area (Å²) in [6.45, 7) is 6.31. The number of benzene rings is 3. The van der Waals surface area contributed by atoms with Crippen molar-refractivity contribution in [2.45, 2.75) is 27.2 Å². The second kappa shape index (κ2) is 9.20. The number of carbonyl (C=O) groups is 1. The predicted octanol–water partition coefficient (Wildman–Crippen LogP) is 7.46. The average molecular weight is 464 g/mol. The van der Waals surface area contributed by atoms with E-state index in [-0.39, 0.29) is 5.91 Å². The molecule has 0 aliphatic rings. The smallest absolute Gasteiger partial charge is 0.258 e. The predicted molar refractivity (Wildman–Crippen MR) is 142 cm³/mol. The van der Waals surface area contributed by atoms with Gasteiger partial charge in [-0.2, -0.15) is 0 Å². The van der Waals surface area contributed by atoms with Crippen LogP contribution in [0.4, 0.5) is 5.13 Å². The molecule has 0 fully saturated rings. The van der Waals surface area contributed by atoms with Gasteiger partial charge in [-0.1, -0.05) is 61.5 Å². The summed E-state index contributed by atoms with van der Waals surface area (Å²) < 4.78 is 0. The number of thiazole rings is 1. The van der Waals surface area contributed by atoms with Crippen LogP contribution in [0.5, 0.6) is 0 Å². The molecule has 5 heteroatoms. The van der Waals surface area contributed by atoms with Gasteiger partial charge in [0, 0.05) is 21.9 Å². The fourth-order valence-corrected chi connectivity index (χ4v) is 4.67. The molecule has 0 aliphatic carbocycles. The Labute approximate surface area is 203 Å². The molecule has 168 valence electrons. The van der Waals surface area contributed by atoms with Crippen molar-refractivity contribution in [1.82, 2.24) is 9.97 Å². The van der Waals surface area contributed by atoms with Crippen LogP contribution in [-0.4, -0.2) is 15.9 Å². The number of pyridine rings is 1. The number of fused-ring (bicyclic) bond motifs is 1. The molecule has 3 aromatic carbocycles. The number of nitrogens with one attached hydrogen (secondary N) is 1. The van der Waals surface area contributed by atoms with E-state index in [0.29, 0.717) is 10.7 Å². The SMILES string of the molecule is CCc1ccc(-c2csc(NC(=O)c3cc(-c4ccc(C)c(C)c4)nc4ccccc34)n2)cc1. The first-order chi connectivity index (χ1) is 16.5. The van der Waals surface area contributed by atoms with E-state index >= 15 is 0 Å². The fourth-order valence-electron chi connectivity index (χ4n) is 3.95. The van der Waals surface area contributed by atoms with Gasteiger partial charge in [0.05, 0.1) is 22.5 Å². The third kappa shape index (κ3) is 4.35. The zero-order valence-corrected chi connectivity index (χ0v) is 20.2. The number of amides is 1. The number of hydrogen-bond acceptors (Lipinski definition) is 4. The summed E-state index contributed by atoms with van der Waals surface area (Å²) in [6.07, 6.45) is 1.00. The van der Waals surface area contributed by atoms with E-state index in [1.165, 1.54) is 28.0 Å². The molecule has 34 heavy (non-hydrogen) atoms. The van der Waals surface area contributed by atoms with Crippen LogP contribution in [0.2, 0.25) is 0 Å². The van der Waals surface area contributed by atoms with Crippen LogP contribution < -0.4 is 5.32 Å². The first kappa shape index (κ1) is 22.0. The Bertz CT molecular complexity index is 1500. The molecule has 1 amide bonds. The minimum absolute atomic E-state index is 0.189. The van der Waals surface area contributed by atoms with E-state index in [1.54, 1.807) is 0 Å². The number of aromatic nitrogens is 2. The molecular formula is C29H25N3OS. The first-order valence-corrected chi connectivity index (χ1v) is 12.2. The van der Waals surface area contributed by atoms with Crippen molar-refractivity contribution >= 4 is 33.3 Å². The third-order valence-corrected chi connectivity index (χ3v) is 6.90. The monoisotopic (exact) mass is 463 g/mol. The lowest BCUT2D eigenvalue weighted by molar-refractivity contribution is 0.102. The fraction of sp³-hybridized carbons (Fsp3) is 0.138. The van der Waals surface area contributed by atoms with E-state index in [4.69, 9.17) is 4.98 Å². The Hall–Kier alpha value is -3.83. The molecule has 4 nitrogen and oxygen atoms in total. The van der Waals surface area contributed by atoms with E-state index in [0.717, 1.165) is 39.8 Å².